The number of fused-ring (bicyclic) bond motifs is 2. The zero-order chi connectivity index (χ0) is 28.3. The van der Waals surface area contributed by atoms with Gasteiger partial charge in [0.2, 0.25) is 17.7 Å². The van der Waals surface area contributed by atoms with Crippen molar-refractivity contribution >= 4 is 23.7 Å². The fourth-order valence-corrected chi connectivity index (χ4v) is 6.48. The Labute approximate surface area is 234 Å². The van der Waals surface area contributed by atoms with E-state index in [1.54, 1.807) is 30.1 Å². The third kappa shape index (κ3) is 5.54. The van der Waals surface area contributed by atoms with Crippen molar-refractivity contribution in [3.05, 3.63) is 24.3 Å². The molecule has 5 heterocycles. The van der Waals surface area contributed by atoms with Crippen molar-refractivity contribution in [1.82, 2.24) is 20.0 Å². The van der Waals surface area contributed by atoms with Crippen LogP contribution in [0.5, 0.6) is 0 Å². The van der Waals surface area contributed by atoms with Gasteiger partial charge >= 0.3 is 5.97 Å². The summed E-state index contributed by atoms with van der Waals surface area (Å²) < 4.78 is 17.8. The maximum Gasteiger partial charge on any atom is 0.313 e. The number of allylic oxidation sites excluding steroid dienone is 1. The molecule has 6 atom stereocenters. The largest absolute Gasteiger partial charge is 0.460 e. The van der Waals surface area contributed by atoms with Crippen molar-refractivity contribution in [3.8, 4) is 0 Å². The quantitative estimate of drug-likeness (QED) is 0.312. The Morgan fingerprint density at radius 2 is 1.88 bits per heavy atom. The summed E-state index contributed by atoms with van der Waals surface area (Å²) in [5, 5.41) is 12.3. The molecule has 0 unspecified atom stereocenters. The highest BCUT2D eigenvalue weighted by molar-refractivity contribution is 5.99. The van der Waals surface area contributed by atoms with Crippen LogP contribution in [0.1, 0.15) is 26.2 Å². The number of nitrogens with one attached hydrogen (secondary N) is 1. The lowest BCUT2D eigenvalue weighted by molar-refractivity contribution is -0.158. The van der Waals surface area contributed by atoms with Gasteiger partial charge in [0, 0.05) is 52.3 Å². The summed E-state index contributed by atoms with van der Waals surface area (Å²) in [6, 6.07) is -0.968. The minimum Gasteiger partial charge on any atom is -0.460 e. The number of aliphatic hydroxyl groups excluding tert-OH is 1. The molecule has 3 amide bonds. The van der Waals surface area contributed by atoms with Crippen LogP contribution in [0.15, 0.2) is 24.3 Å². The van der Waals surface area contributed by atoms with Gasteiger partial charge in [-0.1, -0.05) is 24.3 Å². The van der Waals surface area contributed by atoms with E-state index in [4.69, 9.17) is 14.2 Å². The summed E-state index contributed by atoms with van der Waals surface area (Å²) in [5.74, 6) is -3.23. The molecule has 0 aliphatic carbocycles. The second kappa shape index (κ2) is 12.4. The molecule has 12 heteroatoms. The Morgan fingerprint density at radius 1 is 1.07 bits per heavy atom. The van der Waals surface area contributed by atoms with Gasteiger partial charge in [-0.25, -0.2) is 0 Å². The van der Waals surface area contributed by atoms with Gasteiger partial charge in [0.25, 0.3) is 0 Å². The molecule has 0 aromatic rings. The van der Waals surface area contributed by atoms with Gasteiger partial charge in [0.1, 0.15) is 23.7 Å². The predicted molar refractivity (Wildman–Crippen MR) is 142 cm³/mol. The highest BCUT2D eigenvalue weighted by atomic mass is 16.6. The number of likely N-dealkylation sites (tertiary alicyclic amines) is 1. The maximum absolute atomic E-state index is 14.2. The first-order chi connectivity index (χ1) is 19.4. The van der Waals surface area contributed by atoms with E-state index in [0.29, 0.717) is 45.7 Å². The summed E-state index contributed by atoms with van der Waals surface area (Å²) >= 11 is 0. The molecule has 3 saturated heterocycles. The van der Waals surface area contributed by atoms with Crippen LogP contribution in [0.25, 0.3) is 0 Å². The van der Waals surface area contributed by atoms with Crippen LogP contribution in [-0.2, 0) is 33.4 Å². The number of carbonyl (C=O) groups excluding carboxylic acids is 4. The van der Waals surface area contributed by atoms with Gasteiger partial charge in [-0.3, -0.25) is 24.1 Å². The monoisotopic (exact) mass is 560 g/mol. The zero-order valence-corrected chi connectivity index (χ0v) is 23.0. The third-order valence-corrected chi connectivity index (χ3v) is 8.46. The first kappa shape index (κ1) is 28.7. The summed E-state index contributed by atoms with van der Waals surface area (Å²) in [7, 11) is 0. The van der Waals surface area contributed by atoms with Crippen molar-refractivity contribution in [2.45, 2.75) is 50.0 Å². The Balaban J connectivity index is 1.47. The number of rotatable bonds is 6. The van der Waals surface area contributed by atoms with E-state index >= 15 is 0 Å². The van der Waals surface area contributed by atoms with Crippen LogP contribution >= 0.6 is 0 Å². The van der Waals surface area contributed by atoms with Crippen molar-refractivity contribution in [1.29, 1.82) is 0 Å². The number of hydrogen-bond donors (Lipinski definition) is 2. The highest BCUT2D eigenvalue weighted by Crippen LogP contribution is 2.53. The first-order valence-corrected chi connectivity index (χ1v) is 14.4. The Morgan fingerprint density at radius 3 is 2.65 bits per heavy atom. The minimum absolute atomic E-state index is 0.139. The van der Waals surface area contributed by atoms with Crippen LogP contribution in [-0.4, -0.2) is 133 Å². The highest BCUT2D eigenvalue weighted by Gasteiger charge is 2.71. The van der Waals surface area contributed by atoms with Crippen molar-refractivity contribution in [3.63, 3.8) is 0 Å². The van der Waals surface area contributed by atoms with Crippen molar-refractivity contribution in [2.24, 2.45) is 11.8 Å². The molecule has 5 aliphatic heterocycles. The predicted octanol–water partition coefficient (Wildman–Crippen LogP) is -0.922. The molecule has 5 rings (SSSR count). The van der Waals surface area contributed by atoms with E-state index < -0.39 is 41.7 Å². The van der Waals surface area contributed by atoms with E-state index in [0.717, 1.165) is 13.1 Å². The SMILES string of the molecule is C[C@@H]1CNC(=O)CC/C=C\[C@H]2O[C@]34C=CCN(CCN5CCOCC5)C(=O)[C@H]3N(CCCO)C(=O)[C@@H]4[C@H]2C(=O)O1. The average molecular weight is 561 g/mol. The molecule has 0 bridgehead atoms. The number of ether oxygens (including phenoxy) is 3. The molecule has 0 radical (unpaired) electrons. The van der Waals surface area contributed by atoms with Crippen LogP contribution in [0.2, 0.25) is 0 Å². The molecule has 12 nitrogen and oxygen atoms in total. The van der Waals surface area contributed by atoms with E-state index in [2.05, 4.69) is 10.2 Å². The van der Waals surface area contributed by atoms with E-state index in [-0.39, 0.29) is 43.8 Å². The molecule has 5 aliphatic rings. The zero-order valence-electron chi connectivity index (χ0n) is 23.0. The molecule has 3 fully saturated rings. The summed E-state index contributed by atoms with van der Waals surface area (Å²) in [6.45, 7) is 6.33. The maximum atomic E-state index is 14.2. The molecule has 0 saturated carbocycles. The fraction of sp³-hybridized carbons (Fsp3) is 0.714. The van der Waals surface area contributed by atoms with Gasteiger partial charge in [-0.15, -0.1) is 0 Å². The number of amides is 3. The molecule has 1 spiro atoms. The van der Waals surface area contributed by atoms with Gasteiger partial charge in [0.15, 0.2) is 0 Å². The van der Waals surface area contributed by atoms with Crippen LogP contribution in [0, 0.1) is 11.8 Å². The number of carbonyl (C=O) groups is 4. The number of esters is 1. The van der Waals surface area contributed by atoms with Crippen LogP contribution in [0.4, 0.5) is 0 Å². The lowest BCUT2D eigenvalue weighted by atomic mass is 9.78. The Bertz CT molecular complexity index is 1040. The Kier molecular flexibility index (Phi) is 8.89. The van der Waals surface area contributed by atoms with E-state index in [1.807, 2.05) is 6.08 Å². The first-order valence-electron chi connectivity index (χ1n) is 14.4. The number of nitrogens with zero attached hydrogens (tertiary/aromatic N) is 3. The van der Waals surface area contributed by atoms with Gasteiger partial charge in [0.05, 0.1) is 31.8 Å². The molecule has 220 valence electrons. The molecule has 40 heavy (non-hydrogen) atoms. The van der Waals surface area contributed by atoms with Crippen molar-refractivity contribution in [2.75, 3.05) is 65.6 Å². The molecule has 0 aromatic carbocycles. The molecular formula is C28H40N4O8. The molecular weight excluding hydrogens is 520 g/mol. The average Bonchev–Trinajstić information content (AvgIpc) is 3.33. The number of hydrogen-bond acceptors (Lipinski definition) is 9. The summed E-state index contributed by atoms with van der Waals surface area (Å²) in [5.41, 5.74) is -1.35. The number of cyclic esters (lactones) is 1. The van der Waals surface area contributed by atoms with Gasteiger partial charge in [-0.05, 0) is 19.8 Å². The van der Waals surface area contributed by atoms with Crippen LogP contribution in [0.3, 0.4) is 0 Å². The topological polar surface area (TPSA) is 138 Å². The lowest BCUT2D eigenvalue weighted by Gasteiger charge is -2.36. The second-order valence-electron chi connectivity index (χ2n) is 11.1. The van der Waals surface area contributed by atoms with Crippen LogP contribution < -0.4 is 5.32 Å². The fourth-order valence-electron chi connectivity index (χ4n) is 6.48. The van der Waals surface area contributed by atoms with E-state index in [1.165, 1.54) is 4.90 Å². The Hall–Kier alpha value is -2.80. The standard InChI is InChI=1S/C28H40N4O8/c1-19-18-29-21(34)7-3-2-6-20-22(27(37)39-19)23-25(35)32(10-5-15-33)24-26(36)31(9-4-8-28(23,24)40-20)12-11-30-13-16-38-17-14-30/h2,4,6,8,19-20,22-24,33H,3,5,7,9-18H2,1H3,(H,29,34)/b6-2-/t19-,20-,22+,23+,24-,28+/m1/s1. The summed E-state index contributed by atoms with van der Waals surface area (Å²) in [6.07, 6.45) is 6.79. The van der Waals surface area contributed by atoms with E-state index in [9.17, 15) is 24.3 Å². The third-order valence-electron chi connectivity index (χ3n) is 8.46. The number of morpholine rings is 1. The van der Waals surface area contributed by atoms with Gasteiger partial charge < -0.3 is 34.4 Å². The van der Waals surface area contributed by atoms with Gasteiger partial charge in [-0.2, -0.15) is 0 Å². The minimum atomic E-state index is -1.35. The normalized spacial score (nSPS) is 36.1. The lowest BCUT2D eigenvalue weighted by Crippen LogP contribution is -2.56. The number of aliphatic hydroxyl groups is 1. The smallest absolute Gasteiger partial charge is 0.313 e. The molecule has 0 aromatic heterocycles. The summed E-state index contributed by atoms with van der Waals surface area (Å²) in [4.78, 5) is 59.4. The van der Waals surface area contributed by atoms with Crippen molar-refractivity contribution < 1.29 is 38.5 Å². The molecule has 2 N–H and O–H groups in total. The second-order valence-corrected chi connectivity index (χ2v) is 11.1.